The number of para-hydroxylation sites is 2. The standard InChI is InChI=1S/C25H24N2O7S2/c1-33-18-10-6-16(7-11-18)17-8-12-19(13-9-17)36(31,32)27-23(24(29)30)21(28)14-15-35-25-26-20-4-2-3-5-22(20)34-25/h2-13,21,23,27-28H,14-15H2,1H3,(H,29,30)/t21-,23-/m1/s1. The molecule has 0 saturated heterocycles. The molecule has 0 aliphatic carbocycles. The van der Waals surface area contributed by atoms with Gasteiger partial charge < -0.3 is 19.4 Å². The third kappa shape index (κ3) is 6.05. The maximum atomic E-state index is 12.8. The average Bonchev–Trinajstić information content (AvgIpc) is 3.30. The Labute approximate surface area is 212 Å². The highest BCUT2D eigenvalue weighted by Gasteiger charge is 2.31. The lowest BCUT2D eigenvalue weighted by Gasteiger charge is -2.20. The zero-order valence-corrected chi connectivity index (χ0v) is 20.8. The lowest BCUT2D eigenvalue weighted by atomic mass is 10.1. The number of hydrogen-bond donors (Lipinski definition) is 3. The van der Waals surface area contributed by atoms with Crippen molar-refractivity contribution in [3.05, 3.63) is 72.8 Å². The fourth-order valence-electron chi connectivity index (χ4n) is 3.49. The van der Waals surface area contributed by atoms with Crippen molar-refractivity contribution in [2.24, 2.45) is 0 Å². The Morgan fingerprint density at radius 2 is 1.69 bits per heavy atom. The molecule has 36 heavy (non-hydrogen) atoms. The normalized spacial score (nSPS) is 13.4. The molecule has 3 N–H and O–H groups in total. The van der Waals surface area contributed by atoms with E-state index in [2.05, 4.69) is 9.71 Å². The molecule has 0 radical (unpaired) electrons. The quantitative estimate of drug-likeness (QED) is 0.248. The molecule has 11 heteroatoms. The molecular formula is C25H24N2O7S2. The number of oxazole rings is 1. The van der Waals surface area contributed by atoms with Crippen LogP contribution in [-0.2, 0) is 14.8 Å². The maximum absolute atomic E-state index is 12.8. The number of rotatable bonds is 11. The predicted octanol–water partition coefficient (Wildman–Crippen LogP) is 3.78. The minimum absolute atomic E-state index is 0.000708. The second kappa shape index (κ2) is 11.1. The van der Waals surface area contributed by atoms with Crippen LogP contribution in [0.5, 0.6) is 5.75 Å². The molecule has 0 saturated carbocycles. The van der Waals surface area contributed by atoms with Crippen LogP contribution in [0, 0.1) is 0 Å². The first-order chi connectivity index (χ1) is 17.3. The van der Waals surface area contributed by atoms with Crippen LogP contribution in [0.2, 0.25) is 0 Å². The number of aromatic nitrogens is 1. The molecule has 0 aliphatic rings. The van der Waals surface area contributed by atoms with Gasteiger partial charge in [0, 0.05) is 5.75 Å². The number of benzene rings is 3. The molecule has 4 rings (SSSR count). The van der Waals surface area contributed by atoms with Gasteiger partial charge in [0.1, 0.15) is 17.3 Å². The number of ether oxygens (including phenoxy) is 1. The van der Waals surface area contributed by atoms with Crippen molar-refractivity contribution in [2.45, 2.75) is 28.7 Å². The molecule has 3 aromatic carbocycles. The summed E-state index contributed by atoms with van der Waals surface area (Å²) >= 11 is 1.20. The molecule has 0 amide bonds. The minimum Gasteiger partial charge on any atom is -0.497 e. The number of carbonyl (C=O) groups is 1. The third-order valence-electron chi connectivity index (χ3n) is 5.43. The van der Waals surface area contributed by atoms with Crippen molar-refractivity contribution >= 4 is 38.9 Å². The number of aliphatic carboxylic acids is 1. The molecule has 0 unspecified atom stereocenters. The van der Waals surface area contributed by atoms with E-state index in [9.17, 15) is 23.4 Å². The van der Waals surface area contributed by atoms with Crippen molar-refractivity contribution in [1.82, 2.24) is 9.71 Å². The van der Waals surface area contributed by atoms with Gasteiger partial charge in [0.15, 0.2) is 5.58 Å². The Hall–Kier alpha value is -3.38. The van der Waals surface area contributed by atoms with Gasteiger partial charge in [0.25, 0.3) is 5.22 Å². The number of hydrogen-bond acceptors (Lipinski definition) is 8. The van der Waals surface area contributed by atoms with Crippen LogP contribution in [-0.4, -0.2) is 54.6 Å². The minimum atomic E-state index is -4.20. The molecule has 0 spiro atoms. The first-order valence-electron chi connectivity index (χ1n) is 10.9. The van der Waals surface area contributed by atoms with E-state index < -0.39 is 28.1 Å². The number of thioether (sulfide) groups is 1. The van der Waals surface area contributed by atoms with Crippen molar-refractivity contribution < 1.29 is 32.6 Å². The Kier molecular flexibility index (Phi) is 7.94. The second-order valence-corrected chi connectivity index (χ2v) is 10.6. The van der Waals surface area contributed by atoms with Crippen molar-refractivity contribution in [2.75, 3.05) is 12.9 Å². The summed E-state index contributed by atoms with van der Waals surface area (Å²) in [6.45, 7) is 0. The van der Waals surface area contributed by atoms with E-state index in [1.807, 2.05) is 24.3 Å². The summed E-state index contributed by atoms with van der Waals surface area (Å²) < 4.78 is 38.5. The SMILES string of the molecule is COc1ccc(-c2ccc(S(=O)(=O)N[C@@H](C(=O)O)[C@H](O)CCSc3nc4ccccc4o3)cc2)cc1. The van der Waals surface area contributed by atoms with Crippen LogP contribution >= 0.6 is 11.8 Å². The number of fused-ring (bicyclic) bond motifs is 1. The third-order valence-corrected chi connectivity index (χ3v) is 7.75. The summed E-state index contributed by atoms with van der Waals surface area (Å²) in [6, 6.07) is 18.8. The van der Waals surface area contributed by atoms with Gasteiger partial charge in [-0.2, -0.15) is 4.72 Å². The molecule has 1 heterocycles. The number of aliphatic hydroxyl groups excluding tert-OH is 1. The van der Waals surface area contributed by atoms with Gasteiger partial charge in [-0.3, -0.25) is 4.79 Å². The highest BCUT2D eigenvalue weighted by molar-refractivity contribution is 7.99. The molecule has 188 valence electrons. The van der Waals surface area contributed by atoms with Crippen LogP contribution in [0.3, 0.4) is 0 Å². The lowest BCUT2D eigenvalue weighted by Crippen LogP contribution is -2.48. The predicted molar refractivity (Wildman–Crippen MR) is 136 cm³/mol. The molecular weight excluding hydrogens is 504 g/mol. The zero-order valence-electron chi connectivity index (χ0n) is 19.2. The van der Waals surface area contributed by atoms with E-state index >= 15 is 0 Å². The van der Waals surface area contributed by atoms with Crippen LogP contribution < -0.4 is 9.46 Å². The molecule has 2 atom stereocenters. The molecule has 9 nitrogen and oxygen atoms in total. The van der Waals surface area contributed by atoms with E-state index in [0.717, 1.165) is 11.1 Å². The van der Waals surface area contributed by atoms with E-state index in [1.165, 1.54) is 23.9 Å². The molecule has 0 fully saturated rings. The average molecular weight is 529 g/mol. The Balaban J connectivity index is 1.39. The zero-order chi connectivity index (χ0) is 25.7. The summed E-state index contributed by atoms with van der Waals surface area (Å²) in [5, 5.41) is 20.4. The van der Waals surface area contributed by atoms with Crippen LogP contribution in [0.25, 0.3) is 22.2 Å². The molecule has 1 aromatic heterocycles. The maximum Gasteiger partial charge on any atom is 0.324 e. The summed E-state index contributed by atoms with van der Waals surface area (Å²) in [6.07, 6.45) is -1.47. The summed E-state index contributed by atoms with van der Waals surface area (Å²) in [7, 11) is -2.63. The van der Waals surface area contributed by atoms with Crippen molar-refractivity contribution in [1.29, 1.82) is 0 Å². The van der Waals surface area contributed by atoms with Gasteiger partial charge in [-0.1, -0.05) is 48.2 Å². The topological polar surface area (TPSA) is 139 Å². The molecule has 0 bridgehead atoms. The Morgan fingerprint density at radius 3 is 2.31 bits per heavy atom. The van der Waals surface area contributed by atoms with Gasteiger partial charge in [-0.05, 0) is 53.9 Å². The summed E-state index contributed by atoms with van der Waals surface area (Å²) in [5.41, 5.74) is 2.95. The van der Waals surface area contributed by atoms with E-state index in [1.54, 1.807) is 43.5 Å². The van der Waals surface area contributed by atoms with Crippen LogP contribution in [0.1, 0.15) is 6.42 Å². The molecule has 4 aromatic rings. The smallest absolute Gasteiger partial charge is 0.324 e. The number of methoxy groups -OCH3 is 1. The van der Waals surface area contributed by atoms with Gasteiger partial charge in [0.2, 0.25) is 10.0 Å². The largest absolute Gasteiger partial charge is 0.497 e. The first-order valence-corrected chi connectivity index (χ1v) is 13.4. The number of aliphatic hydroxyl groups is 1. The van der Waals surface area contributed by atoms with Gasteiger partial charge >= 0.3 is 5.97 Å². The van der Waals surface area contributed by atoms with Crippen molar-refractivity contribution in [3.8, 4) is 16.9 Å². The van der Waals surface area contributed by atoms with Gasteiger partial charge in [0.05, 0.1) is 18.1 Å². The number of carboxylic acid groups (broad SMARTS) is 1. The van der Waals surface area contributed by atoms with Gasteiger partial charge in [-0.15, -0.1) is 0 Å². The van der Waals surface area contributed by atoms with E-state index in [0.29, 0.717) is 22.1 Å². The van der Waals surface area contributed by atoms with Crippen molar-refractivity contribution in [3.63, 3.8) is 0 Å². The number of nitrogens with zero attached hydrogens (tertiary/aromatic N) is 1. The fraction of sp³-hybridized carbons (Fsp3) is 0.200. The summed E-state index contributed by atoms with van der Waals surface area (Å²) in [4.78, 5) is 16.0. The van der Waals surface area contributed by atoms with E-state index in [-0.39, 0.29) is 17.1 Å². The highest BCUT2D eigenvalue weighted by atomic mass is 32.2. The number of nitrogens with one attached hydrogen (secondary N) is 1. The fourth-order valence-corrected chi connectivity index (χ4v) is 5.55. The van der Waals surface area contributed by atoms with Crippen LogP contribution in [0.4, 0.5) is 0 Å². The van der Waals surface area contributed by atoms with E-state index in [4.69, 9.17) is 9.15 Å². The number of carboxylic acids is 1. The first kappa shape index (κ1) is 25.7. The monoisotopic (exact) mass is 528 g/mol. The lowest BCUT2D eigenvalue weighted by molar-refractivity contribution is -0.141. The highest BCUT2D eigenvalue weighted by Crippen LogP contribution is 2.26. The number of sulfonamides is 1. The van der Waals surface area contributed by atoms with Crippen LogP contribution in [0.15, 0.2) is 87.3 Å². The molecule has 0 aliphatic heterocycles. The second-order valence-electron chi connectivity index (χ2n) is 7.84. The van der Waals surface area contributed by atoms with Gasteiger partial charge in [-0.25, -0.2) is 13.4 Å². The Morgan fingerprint density at radius 1 is 1.06 bits per heavy atom. The summed E-state index contributed by atoms with van der Waals surface area (Å²) in [5.74, 6) is -0.503. The Bertz CT molecular complexity index is 1400.